The summed E-state index contributed by atoms with van der Waals surface area (Å²) in [4.78, 5) is 0. The number of rotatable bonds is 3. The van der Waals surface area contributed by atoms with E-state index < -0.39 is 46.2 Å². The predicted octanol–water partition coefficient (Wildman–Crippen LogP) is 3.66. The molecule has 1 rings (SSSR count). The minimum Gasteiger partial charge on any atom is -0.311 e. The molecule has 0 aliphatic rings. The fraction of sp³-hybridized carbons (Fsp3) is 0.286. The average molecular weight is 310 g/mol. The smallest absolute Gasteiger partial charge is 0.167 e. The average Bonchev–Trinajstić information content (AvgIpc) is 2.55. The van der Waals surface area contributed by atoms with Crippen LogP contribution in [0.1, 0.15) is 36.8 Å². The van der Waals surface area contributed by atoms with Gasteiger partial charge in [-0.05, 0) is 0 Å². The van der Waals surface area contributed by atoms with Crippen molar-refractivity contribution >= 4 is 6.21 Å². The number of hydrogen-bond donors (Lipinski definition) is 1. The van der Waals surface area contributed by atoms with Gasteiger partial charge in [0, 0.05) is 6.21 Å². The topological polar surface area (TPSA) is 95.2 Å². The molecule has 1 unspecified atom stereocenters. The summed E-state index contributed by atoms with van der Waals surface area (Å²) in [6.07, 6.45) is 0.312. The molecule has 0 aromatic heterocycles. The van der Waals surface area contributed by atoms with E-state index in [1.54, 1.807) is 0 Å². The minimum absolute atomic E-state index is 0.312. The summed E-state index contributed by atoms with van der Waals surface area (Å²) in [7, 11) is 0. The largest absolute Gasteiger partial charge is 0.311 e. The first-order chi connectivity index (χ1) is 10.4. The van der Waals surface area contributed by atoms with E-state index in [1.165, 1.54) is 18.2 Å². The molecular formula is C14H10F4N4. The summed E-state index contributed by atoms with van der Waals surface area (Å²) in [6.45, 7) is 4.00. The van der Waals surface area contributed by atoms with E-state index in [0.717, 1.165) is 0 Å². The highest BCUT2D eigenvalue weighted by molar-refractivity contribution is 5.69. The summed E-state index contributed by atoms with van der Waals surface area (Å²) in [5, 5.41) is 32.5. The number of nitrogens with zero attached hydrogens (tertiary/aromatic N) is 3. The van der Waals surface area contributed by atoms with Crippen molar-refractivity contribution in [3.63, 3.8) is 0 Å². The van der Waals surface area contributed by atoms with Crippen LogP contribution < -0.4 is 0 Å². The molecule has 1 aromatic carbocycles. The zero-order valence-corrected chi connectivity index (χ0v) is 11.6. The van der Waals surface area contributed by atoms with Gasteiger partial charge in [-0.15, -0.1) is 0 Å². The van der Waals surface area contributed by atoms with Crippen LogP contribution in [-0.4, -0.2) is 6.21 Å². The molecule has 1 N–H and O–H groups in total. The molecule has 0 fully saturated rings. The van der Waals surface area contributed by atoms with E-state index in [2.05, 4.69) is 0 Å². The second-order valence-electron chi connectivity index (χ2n) is 3.55. The van der Waals surface area contributed by atoms with Crippen molar-refractivity contribution in [2.45, 2.75) is 25.7 Å². The molecule has 0 heterocycles. The van der Waals surface area contributed by atoms with Gasteiger partial charge in [0.1, 0.15) is 5.92 Å². The van der Waals surface area contributed by atoms with Gasteiger partial charge in [-0.2, -0.15) is 15.8 Å². The zero-order chi connectivity index (χ0) is 17.4. The molecule has 22 heavy (non-hydrogen) atoms. The molecule has 0 saturated carbocycles. The van der Waals surface area contributed by atoms with Crippen LogP contribution in [-0.2, 0) is 0 Å². The van der Waals surface area contributed by atoms with E-state index in [9.17, 15) is 17.6 Å². The molecule has 4 nitrogen and oxygen atoms in total. The molecule has 1 aromatic rings. The summed E-state index contributed by atoms with van der Waals surface area (Å²) in [5.74, 6) is -11.5. The SMILES string of the molecule is CC.N#CC(C#N)c1c(F)c(F)c(C(C#N)C=N)c(F)c1F. The van der Waals surface area contributed by atoms with Crippen LogP contribution in [0.2, 0.25) is 0 Å². The van der Waals surface area contributed by atoms with E-state index in [1.807, 2.05) is 13.8 Å². The lowest BCUT2D eigenvalue weighted by molar-refractivity contribution is 0.427. The summed E-state index contributed by atoms with van der Waals surface area (Å²) < 4.78 is 54.8. The highest BCUT2D eigenvalue weighted by Gasteiger charge is 2.32. The Morgan fingerprint density at radius 1 is 0.818 bits per heavy atom. The third-order valence-corrected chi connectivity index (χ3v) is 2.49. The number of hydrogen-bond acceptors (Lipinski definition) is 4. The number of nitriles is 3. The highest BCUT2D eigenvalue weighted by Crippen LogP contribution is 2.32. The molecule has 8 heteroatoms. The summed E-state index contributed by atoms with van der Waals surface area (Å²) in [5.41, 5.74) is -2.62. The van der Waals surface area contributed by atoms with Gasteiger partial charge in [-0.1, -0.05) is 13.8 Å². The van der Waals surface area contributed by atoms with Crippen LogP contribution in [0.25, 0.3) is 0 Å². The van der Waals surface area contributed by atoms with E-state index in [-0.39, 0.29) is 0 Å². The van der Waals surface area contributed by atoms with Crippen molar-refractivity contribution < 1.29 is 17.6 Å². The Morgan fingerprint density at radius 3 is 1.45 bits per heavy atom. The van der Waals surface area contributed by atoms with Crippen molar-refractivity contribution in [1.29, 1.82) is 21.2 Å². The van der Waals surface area contributed by atoms with Crippen molar-refractivity contribution in [2.75, 3.05) is 0 Å². The van der Waals surface area contributed by atoms with Crippen LogP contribution in [0.3, 0.4) is 0 Å². The van der Waals surface area contributed by atoms with Crippen LogP contribution in [0.15, 0.2) is 0 Å². The van der Waals surface area contributed by atoms with Gasteiger partial charge in [-0.25, -0.2) is 17.6 Å². The second kappa shape index (κ2) is 8.39. The van der Waals surface area contributed by atoms with Crippen molar-refractivity contribution in [2.24, 2.45) is 0 Å². The van der Waals surface area contributed by atoms with Gasteiger partial charge < -0.3 is 5.41 Å². The van der Waals surface area contributed by atoms with Crippen LogP contribution in [0, 0.1) is 62.7 Å². The zero-order valence-electron chi connectivity index (χ0n) is 11.6. The Kier molecular flexibility index (Phi) is 7.27. The molecule has 0 aliphatic heterocycles. The van der Waals surface area contributed by atoms with Crippen LogP contribution in [0.5, 0.6) is 0 Å². The lowest BCUT2D eigenvalue weighted by atomic mass is 9.93. The molecule has 0 spiro atoms. The molecule has 1 atom stereocenters. The van der Waals surface area contributed by atoms with Crippen molar-refractivity contribution in [3.8, 4) is 18.2 Å². The highest BCUT2D eigenvalue weighted by atomic mass is 19.2. The fourth-order valence-electron chi connectivity index (χ4n) is 1.54. The normalized spacial score (nSPS) is 10.5. The monoisotopic (exact) mass is 310 g/mol. The Hall–Kier alpha value is -2.92. The van der Waals surface area contributed by atoms with Gasteiger partial charge in [0.15, 0.2) is 29.2 Å². The van der Waals surface area contributed by atoms with Gasteiger partial charge in [0.25, 0.3) is 0 Å². The maximum Gasteiger partial charge on any atom is 0.167 e. The van der Waals surface area contributed by atoms with Gasteiger partial charge >= 0.3 is 0 Å². The summed E-state index contributed by atoms with van der Waals surface area (Å²) in [6, 6.07) is 3.69. The number of halogens is 4. The molecule has 0 bridgehead atoms. The van der Waals surface area contributed by atoms with Gasteiger partial charge in [-0.3, -0.25) is 0 Å². The first-order valence-corrected chi connectivity index (χ1v) is 5.99. The van der Waals surface area contributed by atoms with Crippen molar-refractivity contribution in [1.82, 2.24) is 0 Å². The summed E-state index contributed by atoms with van der Waals surface area (Å²) >= 11 is 0. The lowest BCUT2D eigenvalue weighted by Crippen LogP contribution is -2.14. The van der Waals surface area contributed by atoms with E-state index >= 15 is 0 Å². The first kappa shape index (κ1) is 19.1. The Balaban J connectivity index is 0.00000211. The van der Waals surface area contributed by atoms with E-state index in [4.69, 9.17) is 21.2 Å². The standard InChI is InChI=1S/C12H4F4N4.C2H6/c13-9-7(5(1-17)2-18)10(14)12(16)8(11(9)15)6(3-19)4-20;1-2/h1,5-6,17H;1-2H3. The maximum absolute atomic E-state index is 13.7. The minimum atomic E-state index is -2.03. The lowest BCUT2D eigenvalue weighted by Gasteiger charge is -2.13. The Labute approximate surface area is 124 Å². The van der Waals surface area contributed by atoms with E-state index in [0.29, 0.717) is 6.21 Å². The predicted molar refractivity (Wildman–Crippen MR) is 68.7 cm³/mol. The molecule has 0 radical (unpaired) electrons. The Morgan fingerprint density at radius 2 is 1.18 bits per heavy atom. The van der Waals surface area contributed by atoms with Gasteiger partial charge in [0.05, 0.1) is 29.3 Å². The molecule has 0 saturated heterocycles. The molecule has 0 aliphatic carbocycles. The number of nitrogens with one attached hydrogen (secondary N) is 1. The quantitative estimate of drug-likeness (QED) is 0.524. The van der Waals surface area contributed by atoms with Crippen molar-refractivity contribution in [3.05, 3.63) is 34.4 Å². The third kappa shape index (κ3) is 3.21. The third-order valence-electron chi connectivity index (χ3n) is 2.49. The maximum atomic E-state index is 13.7. The van der Waals surface area contributed by atoms with Crippen LogP contribution in [0.4, 0.5) is 17.6 Å². The molecule has 0 amide bonds. The Bertz CT molecular complexity index is 652. The fourth-order valence-corrected chi connectivity index (χ4v) is 1.54. The number of benzene rings is 1. The molecular weight excluding hydrogens is 300 g/mol. The second-order valence-corrected chi connectivity index (χ2v) is 3.55. The van der Waals surface area contributed by atoms with Gasteiger partial charge in [0.2, 0.25) is 0 Å². The first-order valence-electron chi connectivity index (χ1n) is 5.99. The molecule has 114 valence electrons. The van der Waals surface area contributed by atoms with Crippen LogP contribution >= 0.6 is 0 Å².